The minimum Gasteiger partial charge on any atom is -0.325 e. The molecule has 1 aromatic rings. The Bertz CT molecular complexity index is 334. The highest BCUT2D eigenvalue weighted by Crippen LogP contribution is 2.37. The highest BCUT2D eigenvalue weighted by molar-refractivity contribution is 9.10. The van der Waals surface area contributed by atoms with E-state index in [9.17, 15) is 4.39 Å². The van der Waals surface area contributed by atoms with Crippen LogP contribution in [-0.2, 0) is 6.42 Å². The Kier molecular flexibility index (Phi) is 2.16. The van der Waals surface area contributed by atoms with E-state index in [1.54, 1.807) is 12.1 Å². The fourth-order valence-electron chi connectivity index (χ4n) is 1.40. The van der Waals surface area contributed by atoms with Crippen LogP contribution in [0.15, 0.2) is 22.7 Å². The van der Waals surface area contributed by atoms with Crippen molar-refractivity contribution in [2.24, 2.45) is 5.73 Å². The molecule has 1 fully saturated rings. The molecule has 70 valence electrons. The van der Waals surface area contributed by atoms with E-state index in [4.69, 9.17) is 5.73 Å². The molecular weight excluding hydrogens is 233 g/mol. The van der Waals surface area contributed by atoms with Crippen molar-refractivity contribution in [3.8, 4) is 0 Å². The second kappa shape index (κ2) is 3.07. The smallest absolute Gasteiger partial charge is 0.123 e. The summed E-state index contributed by atoms with van der Waals surface area (Å²) >= 11 is 3.39. The van der Waals surface area contributed by atoms with Crippen LogP contribution in [0.4, 0.5) is 4.39 Å². The lowest BCUT2D eigenvalue weighted by molar-refractivity contribution is 0.617. The predicted molar refractivity (Wildman–Crippen MR) is 54.0 cm³/mol. The third-order valence-electron chi connectivity index (χ3n) is 2.44. The Morgan fingerprint density at radius 2 is 2.15 bits per heavy atom. The fraction of sp³-hybridized carbons (Fsp3) is 0.400. The number of rotatable bonds is 2. The summed E-state index contributed by atoms with van der Waals surface area (Å²) in [5, 5.41) is 0. The molecule has 1 aliphatic rings. The number of hydrogen-bond donors (Lipinski definition) is 1. The molecule has 2 N–H and O–H groups in total. The van der Waals surface area contributed by atoms with E-state index < -0.39 is 0 Å². The summed E-state index contributed by atoms with van der Waals surface area (Å²) < 4.78 is 13.8. The minimum absolute atomic E-state index is 0.0592. The van der Waals surface area contributed by atoms with Gasteiger partial charge in [0.25, 0.3) is 0 Å². The lowest BCUT2D eigenvalue weighted by Gasteiger charge is -2.09. The molecule has 0 heterocycles. The molecule has 0 amide bonds. The average Bonchev–Trinajstić information content (AvgIpc) is 2.76. The Morgan fingerprint density at radius 3 is 2.77 bits per heavy atom. The second-order valence-corrected chi connectivity index (χ2v) is 4.63. The van der Waals surface area contributed by atoms with Crippen LogP contribution in [0.5, 0.6) is 0 Å². The average molecular weight is 244 g/mol. The van der Waals surface area contributed by atoms with Gasteiger partial charge in [-0.25, -0.2) is 4.39 Å². The van der Waals surface area contributed by atoms with E-state index >= 15 is 0 Å². The van der Waals surface area contributed by atoms with Crippen molar-refractivity contribution in [3.05, 3.63) is 34.1 Å². The molecule has 13 heavy (non-hydrogen) atoms. The molecule has 0 bridgehead atoms. The summed E-state index contributed by atoms with van der Waals surface area (Å²) in [6, 6.07) is 4.73. The largest absolute Gasteiger partial charge is 0.325 e. The van der Waals surface area contributed by atoms with Crippen molar-refractivity contribution in [3.63, 3.8) is 0 Å². The molecule has 0 unspecified atom stereocenters. The molecule has 2 rings (SSSR count). The van der Waals surface area contributed by atoms with Gasteiger partial charge in [0.05, 0.1) is 0 Å². The maximum Gasteiger partial charge on any atom is 0.123 e. The first kappa shape index (κ1) is 9.16. The monoisotopic (exact) mass is 243 g/mol. The van der Waals surface area contributed by atoms with E-state index in [1.807, 2.05) is 0 Å². The zero-order valence-electron chi connectivity index (χ0n) is 7.19. The Morgan fingerprint density at radius 1 is 1.46 bits per heavy atom. The summed E-state index contributed by atoms with van der Waals surface area (Å²) in [5.41, 5.74) is 6.87. The van der Waals surface area contributed by atoms with Gasteiger partial charge in [0.2, 0.25) is 0 Å². The minimum atomic E-state index is -0.192. The van der Waals surface area contributed by atoms with Crippen molar-refractivity contribution in [2.75, 3.05) is 0 Å². The molecule has 0 radical (unpaired) electrons. The normalized spacial score (nSPS) is 18.7. The molecule has 0 aliphatic heterocycles. The highest BCUT2D eigenvalue weighted by atomic mass is 79.9. The first-order chi connectivity index (χ1) is 6.09. The van der Waals surface area contributed by atoms with Crippen LogP contribution < -0.4 is 5.73 Å². The molecule has 1 aromatic carbocycles. The first-order valence-electron chi connectivity index (χ1n) is 4.32. The van der Waals surface area contributed by atoms with Gasteiger partial charge in [0.15, 0.2) is 0 Å². The van der Waals surface area contributed by atoms with E-state index in [2.05, 4.69) is 15.9 Å². The van der Waals surface area contributed by atoms with E-state index in [0.717, 1.165) is 29.3 Å². The molecule has 1 aliphatic carbocycles. The lowest BCUT2D eigenvalue weighted by atomic mass is 10.1. The Labute approximate surface area is 85.3 Å². The molecular formula is C10H11BrFN. The van der Waals surface area contributed by atoms with Crippen molar-refractivity contribution in [2.45, 2.75) is 24.8 Å². The van der Waals surface area contributed by atoms with Gasteiger partial charge in [-0.15, -0.1) is 0 Å². The predicted octanol–water partition coefficient (Wildman–Crippen LogP) is 2.62. The molecule has 0 saturated heterocycles. The van der Waals surface area contributed by atoms with Crippen molar-refractivity contribution < 1.29 is 4.39 Å². The van der Waals surface area contributed by atoms with Gasteiger partial charge in [0, 0.05) is 10.0 Å². The summed E-state index contributed by atoms with van der Waals surface area (Å²) in [7, 11) is 0. The fourth-order valence-corrected chi connectivity index (χ4v) is 1.78. The van der Waals surface area contributed by atoms with Gasteiger partial charge >= 0.3 is 0 Å². The maximum atomic E-state index is 12.9. The van der Waals surface area contributed by atoms with Gasteiger partial charge in [-0.2, -0.15) is 0 Å². The van der Waals surface area contributed by atoms with Crippen LogP contribution in [0, 0.1) is 5.82 Å². The van der Waals surface area contributed by atoms with Crippen LogP contribution >= 0.6 is 15.9 Å². The topological polar surface area (TPSA) is 26.0 Å². The van der Waals surface area contributed by atoms with Gasteiger partial charge in [-0.05, 0) is 43.0 Å². The second-order valence-electron chi connectivity index (χ2n) is 3.77. The van der Waals surface area contributed by atoms with Crippen molar-refractivity contribution >= 4 is 15.9 Å². The Hall–Kier alpha value is -0.410. The number of nitrogens with two attached hydrogens (primary N) is 1. The molecule has 3 heteroatoms. The zero-order chi connectivity index (χ0) is 9.47. The summed E-state index contributed by atoms with van der Waals surface area (Å²) in [6.07, 6.45) is 2.87. The van der Waals surface area contributed by atoms with Crippen molar-refractivity contribution in [1.82, 2.24) is 0 Å². The van der Waals surface area contributed by atoms with Crippen LogP contribution in [0.25, 0.3) is 0 Å². The summed E-state index contributed by atoms with van der Waals surface area (Å²) in [4.78, 5) is 0. The number of halogens is 2. The quantitative estimate of drug-likeness (QED) is 0.850. The van der Waals surface area contributed by atoms with Crippen LogP contribution in [0.3, 0.4) is 0 Å². The summed E-state index contributed by atoms with van der Waals surface area (Å²) in [5.74, 6) is -0.192. The molecule has 0 aromatic heterocycles. The number of hydrogen-bond acceptors (Lipinski definition) is 1. The highest BCUT2D eigenvalue weighted by Gasteiger charge is 2.38. The van der Waals surface area contributed by atoms with E-state index in [1.165, 1.54) is 6.07 Å². The van der Waals surface area contributed by atoms with Crippen LogP contribution in [0.2, 0.25) is 0 Å². The molecule has 0 spiro atoms. The standard InChI is InChI=1S/C10H11BrFN/c11-9-2-1-8(12)5-7(9)6-10(13)3-4-10/h1-2,5H,3-4,6,13H2. The SMILES string of the molecule is NC1(Cc2cc(F)ccc2Br)CC1. The third kappa shape index (κ3) is 2.09. The van der Waals surface area contributed by atoms with E-state index in [-0.39, 0.29) is 11.4 Å². The van der Waals surface area contributed by atoms with Gasteiger partial charge < -0.3 is 5.73 Å². The third-order valence-corrected chi connectivity index (χ3v) is 3.22. The molecule has 1 nitrogen and oxygen atoms in total. The summed E-state index contributed by atoms with van der Waals surface area (Å²) in [6.45, 7) is 0. The Balaban J connectivity index is 2.23. The number of benzene rings is 1. The zero-order valence-corrected chi connectivity index (χ0v) is 8.77. The van der Waals surface area contributed by atoms with Crippen molar-refractivity contribution in [1.29, 1.82) is 0 Å². The van der Waals surface area contributed by atoms with Crippen LogP contribution in [0.1, 0.15) is 18.4 Å². The first-order valence-corrected chi connectivity index (χ1v) is 5.11. The molecule has 0 atom stereocenters. The van der Waals surface area contributed by atoms with Gasteiger partial charge in [-0.1, -0.05) is 15.9 Å². The van der Waals surface area contributed by atoms with E-state index in [0.29, 0.717) is 0 Å². The molecule has 1 saturated carbocycles. The van der Waals surface area contributed by atoms with Crippen LogP contribution in [-0.4, -0.2) is 5.54 Å². The van der Waals surface area contributed by atoms with Gasteiger partial charge in [0.1, 0.15) is 5.82 Å². The van der Waals surface area contributed by atoms with Gasteiger partial charge in [-0.3, -0.25) is 0 Å². The maximum absolute atomic E-state index is 12.9. The lowest BCUT2D eigenvalue weighted by Crippen LogP contribution is -2.24.